The van der Waals surface area contributed by atoms with Gasteiger partial charge in [0.2, 0.25) is 5.91 Å². The Balaban J connectivity index is 1.71. The van der Waals surface area contributed by atoms with Gasteiger partial charge in [0, 0.05) is 25.7 Å². The molecule has 1 fully saturated rings. The fourth-order valence-corrected chi connectivity index (χ4v) is 2.17. The van der Waals surface area contributed by atoms with Crippen LogP contribution in [0.3, 0.4) is 0 Å². The number of nitrogens with zero attached hydrogens (tertiary/aromatic N) is 1. The third-order valence-corrected chi connectivity index (χ3v) is 3.40. The molecule has 19 heavy (non-hydrogen) atoms. The van der Waals surface area contributed by atoms with Crippen LogP contribution in [-0.2, 0) is 11.3 Å². The molecule has 1 aromatic carbocycles. The first-order valence-corrected chi connectivity index (χ1v) is 6.62. The van der Waals surface area contributed by atoms with Crippen LogP contribution in [0.5, 0.6) is 0 Å². The highest BCUT2D eigenvalue weighted by atomic mass is 19.1. The summed E-state index contributed by atoms with van der Waals surface area (Å²) in [5.74, 6) is -0.264. The van der Waals surface area contributed by atoms with Crippen molar-refractivity contribution in [3.8, 4) is 0 Å². The van der Waals surface area contributed by atoms with E-state index in [2.05, 4.69) is 10.2 Å². The lowest BCUT2D eigenvalue weighted by Crippen LogP contribution is -2.44. The predicted molar refractivity (Wildman–Crippen MR) is 71.9 cm³/mol. The highest BCUT2D eigenvalue weighted by Crippen LogP contribution is 2.07. The van der Waals surface area contributed by atoms with Crippen LogP contribution < -0.4 is 11.1 Å². The Morgan fingerprint density at radius 3 is 2.58 bits per heavy atom. The number of amides is 1. The van der Waals surface area contributed by atoms with Gasteiger partial charge in [0.05, 0.1) is 6.54 Å². The molecule has 1 amide bonds. The molecule has 1 aromatic rings. The van der Waals surface area contributed by atoms with Crippen molar-refractivity contribution in [1.29, 1.82) is 0 Å². The van der Waals surface area contributed by atoms with E-state index in [0.29, 0.717) is 13.1 Å². The Morgan fingerprint density at radius 1 is 1.32 bits per heavy atom. The SMILES string of the molecule is NC1CCN(CC(=O)NCc2ccc(F)cc2)CC1. The molecule has 0 aliphatic carbocycles. The zero-order valence-electron chi connectivity index (χ0n) is 10.9. The van der Waals surface area contributed by atoms with Crippen molar-refractivity contribution >= 4 is 5.91 Å². The van der Waals surface area contributed by atoms with Gasteiger partial charge in [0.25, 0.3) is 0 Å². The second-order valence-electron chi connectivity index (χ2n) is 5.02. The Morgan fingerprint density at radius 2 is 1.95 bits per heavy atom. The number of nitrogens with two attached hydrogens (primary N) is 1. The topological polar surface area (TPSA) is 58.4 Å². The number of carbonyl (C=O) groups is 1. The number of piperidine rings is 1. The normalized spacial score (nSPS) is 17.4. The zero-order chi connectivity index (χ0) is 13.7. The number of nitrogens with one attached hydrogen (secondary N) is 1. The quantitative estimate of drug-likeness (QED) is 0.849. The van der Waals surface area contributed by atoms with Gasteiger partial charge in [-0.3, -0.25) is 9.69 Å². The third-order valence-electron chi connectivity index (χ3n) is 3.40. The minimum Gasteiger partial charge on any atom is -0.351 e. The van der Waals surface area contributed by atoms with Crippen LogP contribution in [0.2, 0.25) is 0 Å². The summed E-state index contributed by atoms with van der Waals surface area (Å²) in [5.41, 5.74) is 6.72. The van der Waals surface area contributed by atoms with Gasteiger partial charge in [-0.1, -0.05) is 12.1 Å². The average Bonchev–Trinajstić information content (AvgIpc) is 2.41. The Labute approximate surface area is 112 Å². The minimum absolute atomic E-state index is 0.000188. The maximum Gasteiger partial charge on any atom is 0.234 e. The summed E-state index contributed by atoms with van der Waals surface area (Å²) < 4.78 is 12.7. The molecule has 1 saturated heterocycles. The van der Waals surface area contributed by atoms with E-state index < -0.39 is 0 Å². The number of halogens is 1. The lowest BCUT2D eigenvalue weighted by Gasteiger charge is -2.29. The summed E-state index contributed by atoms with van der Waals surface area (Å²) in [6.07, 6.45) is 1.90. The van der Waals surface area contributed by atoms with Crippen molar-refractivity contribution in [2.45, 2.75) is 25.4 Å². The van der Waals surface area contributed by atoms with E-state index in [1.54, 1.807) is 12.1 Å². The Hall–Kier alpha value is -1.46. The van der Waals surface area contributed by atoms with E-state index in [-0.39, 0.29) is 17.8 Å². The van der Waals surface area contributed by atoms with Crippen molar-refractivity contribution in [2.75, 3.05) is 19.6 Å². The van der Waals surface area contributed by atoms with Crippen LogP contribution >= 0.6 is 0 Å². The number of likely N-dealkylation sites (tertiary alicyclic amines) is 1. The van der Waals surface area contributed by atoms with Crippen LogP contribution in [0.1, 0.15) is 18.4 Å². The molecule has 0 radical (unpaired) electrons. The van der Waals surface area contributed by atoms with E-state index in [4.69, 9.17) is 5.73 Å². The molecule has 3 N–H and O–H groups in total. The van der Waals surface area contributed by atoms with Crippen molar-refractivity contribution in [1.82, 2.24) is 10.2 Å². The van der Waals surface area contributed by atoms with Crippen molar-refractivity contribution in [2.24, 2.45) is 5.73 Å². The van der Waals surface area contributed by atoms with Crippen molar-refractivity contribution < 1.29 is 9.18 Å². The summed E-state index contributed by atoms with van der Waals surface area (Å²) in [5, 5.41) is 2.84. The van der Waals surface area contributed by atoms with Gasteiger partial charge in [-0.2, -0.15) is 0 Å². The van der Waals surface area contributed by atoms with E-state index >= 15 is 0 Å². The first kappa shape index (κ1) is 14.0. The van der Waals surface area contributed by atoms with Gasteiger partial charge in [-0.15, -0.1) is 0 Å². The van der Waals surface area contributed by atoms with Crippen LogP contribution in [0.25, 0.3) is 0 Å². The average molecular weight is 265 g/mol. The highest BCUT2D eigenvalue weighted by molar-refractivity contribution is 5.78. The van der Waals surface area contributed by atoms with Crippen LogP contribution in [-0.4, -0.2) is 36.5 Å². The number of hydrogen-bond donors (Lipinski definition) is 2. The number of hydrogen-bond acceptors (Lipinski definition) is 3. The summed E-state index contributed by atoms with van der Waals surface area (Å²) in [6, 6.07) is 6.42. The smallest absolute Gasteiger partial charge is 0.234 e. The number of carbonyl (C=O) groups excluding carboxylic acids is 1. The zero-order valence-corrected chi connectivity index (χ0v) is 10.9. The van der Waals surface area contributed by atoms with Gasteiger partial charge in [-0.05, 0) is 30.5 Å². The second-order valence-corrected chi connectivity index (χ2v) is 5.02. The monoisotopic (exact) mass is 265 g/mol. The van der Waals surface area contributed by atoms with E-state index in [9.17, 15) is 9.18 Å². The molecule has 5 heteroatoms. The minimum atomic E-state index is -0.264. The molecule has 2 rings (SSSR count). The van der Waals surface area contributed by atoms with Crippen molar-refractivity contribution in [3.05, 3.63) is 35.6 Å². The van der Waals surface area contributed by atoms with Crippen LogP contribution in [0.15, 0.2) is 24.3 Å². The summed E-state index contributed by atoms with van der Waals surface area (Å²) in [7, 11) is 0. The molecule has 1 aliphatic rings. The molecule has 1 heterocycles. The summed E-state index contributed by atoms with van der Waals surface area (Å²) >= 11 is 0. The van der Waals surface area contributed by atoms with Crippen LogP contribution in [0, 0.1) is 5.82 Å². The molecule has 4 nitrogen and oxygen atoms in total. The lowest BCUT2D eigenvalue weighted by molar-refractivity contribution is -0.122. The van der Waals surface area contributed by atoms with E-state index in [1.165, 1.54) is 12.1 Å². The molecule has 1 aliphatic heterocycles. The third kappa shape index (κ3) is 4.61. The van der Waals surface area contributed by atoms with Crippen molar-refractivity contribution in [3.63, 3.8) is 0 Å². The second kappa shape index (κ2) is 6.63. The maximum absolute atomic E-state index is 12.7. The first-order chi connectivity index (χ1) is 9.13. The molecule has 0 aromatic heterocycles. The highest BCUT2D eigenvalue weighted by Gasteiger charge is 2.17. The van der Waals surface area contributed by atoms with Gasteiger partial charge in [0.15, 0.2) is 0 Å². The molecule has 104 valence electrons. The fourth-order valence-electron chi connectivity index (χ4n) is 2.17. The van der Waals surface area contributed by atoms with E-state index in [1.807, 2.05) is 0 Å². The molecule has 0 unspecified atom stereocenters. The Bertz CT molecular complexity index is 413. The molecule has 0 atom stereocenters. The predicted octanol–water partition coefficient (Wildman–Crippen LogP) is 0.865. The molecule has 0 spiro atoms. The number of rotatable bonds is 4. The van der Waals surface area contributed by atoms with Gasteiger partial charge < -0.3 is 11.1 Å². The van der Waals surface area contributed by atoms with Gasteiger partial charge in [0.1, 0.15) is 5.82 Å². The molecule has 0 saturated carbocycles. The largest absolute Gasteiger partial charge is 0.351 e. The molecular formula is C14H20FN3O. The number of benzene rings is 1. The fraction of sp³-hybridized carbons (Fsp3) is 0.500. The summed E-state index contributed by atoms with van der Waals surface area (Å²) in [4.78, 5) is 13.9. The van der Waals surface area contributed by atoms with Crippen LogP contribution in [0.4, 0.5) is 4.39 Å². The maximum atomic E-state index is 12.7. The lowest BCUT2D eigenvalue weighted by atomic mass is 10.1. The standard InChI is InChI=1S/C14H20FN3O/c15-12-3-1-11(2-4-12)9-17-14(19)10-18-7-5-13(16)6-8-18/h1-4,13H,5-10,16H2,(H,17,19). The first-order valence-electron chi connectivity index (χ1n) is 6.62. The molecular weight excluding hydrogens is 245 g/mol. The van der Waals surface area contributed by atoms with Gasteiger partial charge in [-0.25, -0.2) is 4.39 Å². The molecule has 0 bridgehead atoms. The Kier molecular flexibility index (Phi) is 4.87. The van der Waals surface area contributed by atoms with E-state index in [0.717, 1.165) is 31.5 Å². The van der Waals surface area contributed by atoms with Gasteiger partial charge >= 0.3 is 0 Å². The summed E-state index contributed by atoms with van der Waals surface area (Å²) in [6.45, 7) is 2.61.